The Morgan fingerprint density at radius 2 is 1.74 bits per heavy atom. The molecule has 0 nitrogen and oxygen atoms in total. The summed E-state index contributed by atoms with van der Waals surface area (Å²) >= 11 is 0. The molecule has 19 heavy (non-hydrogen) atoms. The van der Waals surface area contributed by atoms with Gasteiger partial charge in [-0.3, -0.25) is 0 Å². The van der Waals surface area contributed by atoms with Gasteiger partial charge in [-0.2, -0.15) is 0 Å². The van der Waals surface area contributed by atoms with Crippen molar-refractivity contribution in [1.82, 2.24) is 0 Å². The molecule has 1 aromatic carbocycles. The Hall–Kier alpha value is -0.780. The highest BCUT2D eigenvalue weighted by Crippen LogP contribution is 2.36. The zero-order chi connectivity index (χ0) is 13.7. The molecule has 1 aliphatic rings. The van der Waals surface area contributed by atoms with Gasteiger partial charge in [-0.1, -0.05) is 64.7 Å². The van der Waals surface area contributed by atoms with E-state index >= 15 is 0 Å². The van der Waals surface area contributed by atoms with Crippen LogP contribution in [0.3, 0.4) is 0 Å². The number of rotatable bonds is 7. The number of benzene rings is 1. The topological polar surface area (TPSA) is 0 Å². The van der Waals surface area contributed by atoms with Crippen molar-refractivity contribution in [2.45, 2.75) is 78.1 Å². The maximum Gasteiger partial charge on any atom is -0.0159 e. The maximum absolute atomic E-state index is 2.42. The molecule has 2 rings (SSSR count). The summed E-state index contributed by atoms with van der Waals surface area (Å²) in [6.45, 7) is 7.03. The molecule has 0 bridgehead atoms. The highest BCUT2D eigenvalue weighted by molar-refractivity contribution is 5.41. The molecule has 0 saturated heterocycles. The fourth-order valence-corrected chi connectivity index (χ4v) is 3.63. The molecule has 1 aliphatic carbocycles. The SMILES string of the molecule is CCCCC(CCCC)c1cccc2c1CC(C)C2. The molecule has 0 heterocycles. The predicted molar refractivity (Wildman–Crippen MR) is 84.8 cm³/mol. The molecule has 1 atom stereocenters. The van der Waals surface area contributed by atoms with Gasteiger partial charge in [0.15, 0.2) is 0 Å². The van der Waals surface area contributed by atoms with Crippen molar-refractivity contribution >= 4 is 0 Å². The summed E-state index contributed by atoms with van der Waals surface area (Å²) in [4.78, 5) is 0. The van der Waals surface area contributed by atoms with Crippen LogP contribution >= 0.6 is 0 Å². The molecule has 0 heteroatoms. The minimum Gasteiger partial charge on any atom is -0.0654 e. The van der Waals surface area contributed by atoms with E-state index in [9.17, 15) is 0 Å². The van der Waals surface area contributed by atoms with Crippen LogP contribution in [0.15, 0.2) is 18.2 Å². The Kier molecular flexibility index (Phi) is 5.48. The van der Waals surface area contributed by atoms with E-state index in [1.807, 2.05) is 0 Å². The first-order valence-electron chi connectivity index (χ1n) is 8.36. The number of fused-ring (bicyclic) bond motifs is 1. The second-order valence-electron chi connectivity index (χ2n) is 6.48. The van der Waals surface area contributed by atoms with E-state index in [0.717, 1.165) is 11.8 Å². The van der Waals surface area contributed by atoms with Crippen LogP contribution in [-0.4, -0.2) is 0 Å². The van der Waals surface area contributed by atoms with Crippen LogP contribution in [0.2, 0.25) is 0 Å². The quantitative estimate of drug-likeness (QED) is 0.572. The molecule has 0 aliphatic heterocycles. The summed E-state index contributed by atoms with van der Waals surface area (Å²) in [6.07, 6.45) is 10.8. The molecule has 0 amide bonds. The Balaban J connectivity index is 2.19. The van der Waals surface area contributed by atoms with E-state index in [1.165, 1.54) is 51.4 Å². The molecule has 0 saturated carbocycles. The second kappa shape index (κ2) is 7.12. The van der Waals surface area contributed by atoms with Crippen molar-refractivity contribution in [2.24, 2.45) is 5.92 Å². The molecule has 0 aromatic heterocycles. The first-order valence-corrected chi connectivity index (χ1v) is 8.36. The Labute approximate surface area is 119 Å². The third kappa shape index (κ3) is 3.61. The largest absolute Gasteiger partial charge is 0.0654 e. The monoisotopic (exact) mass is 258 g/mol. The molecule has 0 radical (unpaired) electrons. The Morgan fingerprint density at radius 1 is 1.05 bits per heavy atom. The molecular formula is C19H30. The van der Waals surface area contributed by atoms with E-state index in [1.54, 1.807) is 16.7 Å². The highest BCUT2D eigenvalue weighted by Gasteiger charge is 2.23. The van der Waals surface area contributed by atoms with Crippen molar-refractivity contribution in [3.8, 4) is 0 Å². The van der Waals surface area contributed by atoms with Gasteiger partial charge in [-0.25, -0.2) is 0 Å². The van der Waals surface area contributed by atoms with Crippen LogP contribution in [0.1, 0.15) is 81.9 Å². The predicted octanol–water partition coefficient (Wildman–Crippen LogP) is 5.89. The number of hydrogen-bond donors (Lipinski definition) is 0. The van der Waals surface area contributed by atoms with Crippen LogP contribution in [0.25, 0.3) is 0 Å². The van der Waals surface area contributed by atoms with Crippen molar-refractivity contribution in [1.29, 1.82) is 0 Å². The zero-order valence-electron chi connectivity index (χ0n) is 13.0. The minimum absolute atomic E-state index is 0.820. The van der Waals surface area contributed by atoms with Gasteiger partial charge >= 0.3 is 0 Å². The van der Waals surface area contributed by atoms with Crippen molar-refractivity contribution < 1.29 is 0 Å². The third-order valence-electron chi connectivity index (χ3n) is 4.68. The first-order chi connectivity index (χ1) is 9.26. The highest BCUT2D eigenvalue weighted by atomic mass is 14.3. The lowest BCUT2D eigenvalue weighted by Crippen LogP contribution is -2.04. The van der Waals surface area contributed by atoms with Crippen LogP contribution in [-0.2, 0) is 12.8 Å². The van der Waals surface area contributed by atoms with Gasteiger partial charge in [0.05, 0.1) is 0 Å². The van der Waals surface area contributed by atoms with Gasteiger partial charge in [0.2, 0.25) is 0 Å². The third-order valence-corrected chi connectivity index (χ3v) is 4.68. The van der Waals surface area contributed by atoms with Gasteiger partial charge in [-0.15, -0.1) is 0 Å². The summed E-state index contributed by atoms with van der Waals surface area (Å²) in [5.41, 5.74) is 5.05. The summed E-state index contributed by atoms with van der Waals surface area (Å²) < 4.78 is 0. The minimum atomic E-state index is 0.820. The summed E-state index contributed by atoms with van der Waals surface area (Å²) in [7, 11) is 0. The lowest BCUT2D eigenvalue weighted by molar-refractivity contribution is 0.520. The lowest BCUT2D eigenvalue weighted by atomic mass is 9.85. The smallest absolute Gasteiger partial charge is 0.0159 e. The molecule has 0 fully saturated rings. The average molecular weight is 258 g/mol. The lowest BCUT2D eigenvalue weighted by Gasteiger charge is -2.20. The molecular weight excluding hydrogens is 228 g/mol. The van der Waals surface area contributed by atoms with Crippen LogP contribution in [0.4, 0.5) is 0 Å². The standard InChI is InChI=1S/C19H30/c1-4-6-9-16(10-7-5-2)18-12-8-11-17-13-15(3)14-19(17)18/h8,11-12,15-16H,4-7,9-10,13-14H2,1-3H3. The van der Waals surface area contributed by atoms with E-state index in [2.05, 4.69) is 39.0 Å². The average Bonchev–Trinajstić information content (AvgIpc) is 2.79. The van der Waals surface area contributed by atoms with E-state index < -0.39 is 0 Å². The molecule has 0 spiro atoms. The normalized spacial score (nSPS) is 18.0. The van der Waals surface area contributed by atoms with Crippen molar-refractivity contribution in [3.63, 3.8) is 0 Å². The molecule has 1 unspecified atom stereocenters. The molecule has 106 valence electrons. The molecule has 1 aromatic rings. The van der Waals surface area contributed by atoms with E-state index in [4.69, 9.17) is 0 Å². The Morgan fingerprint density at radius 3 is 2.37 bits per heavy atom. The van der Waals surface area contributed by atoms with Crippen LogP contribution in [0, 0.1) is 5.92 Å². The first kappa shape index (κ1) is 14.6. The summed E-state index contributed by atoms with van der Waals surface area (Å²) in [6, 6.07) is 7.09. The summed E-state index contributed by atoms with van der Waals surface area (Å²) in [5.74, 6) is 1.68. The van der Waals surface area contributed by atoms with Crippen molar-refractivity contribution in [3.05, 3.63) is 34.9 Å². The fraction of sp³-hybridized carbons (Fsp3) is 0.684. The van der Waals surface area contributed by atoms with Crippen LogP contribution < -0.4 is 0 Å². The maximum atomic E-state index is 2.42. The zero-order valence-corrected chi connectivity index (χ0v) is 13.0. The second-order valence-corrected chi connectivity index (χ2v) is 6.48. The van der Waals surface area contributed by atoms with Gasteiger partial charge < -0.3 is 0 Å². The van der Waals surface area contributed by atoms with Gasteiger partial charge in [0, 0.05) is 0 Å². The van der Waals surface area contributed by atoms with Gasteiger partial charge in [-0.05, 0) is 54.2 Å². The fourth-order valence-electron chi connectivity index (χ4n) is 3.63. The Bertz CT molecular complexity index is 383. The molecule has 0 N–H and O–H groups in total. The van der Waals surface area contributed by atoms with Gasteiger partial charge in [0.1, 0.15) is 0 Å². The summed E-state index contributed by atoms with van der Waals surface area (Å²) in [5, 5.41) is 0. The number of hydrogen-bond acceptors (Lipinski definition) is 0. The van der Waals surface area contributed by atoms with E-state index in [0.29, 0.717) is 0 Å². The number of unbranched alkanes of at least 4 members (excludes halogenated alkanes) is 2. The van der Waals surface area contributed by atoms with Crippen LogP contribution in [0.5, 0.6) is 0 Å². The van der Waals surface area contributed by atoms with Crippen molar-refractivity contribution in [2.75, 3.05) is 0 Å². The van der Waals surface area contributed by atoms with E-state index in [-0.39, 0.29) is 0 Å². The van der Waals surface area contributed by atoms with Gasteiger partial charge in [0.25, 0.3) is 0 Å².